The number of carbonyl (C=O) groups excluding carboxylic acids is 1. The van der Waals surface area contributed by atoms with E-state index in [-0.39, 0.29) is 12.0 Å². The summed E-state index contributed by atoms with van der Waals surface area (Å²) in [6.45, 7) is 2.10. The normalized spacial score (nSPS) is 20.4. The molecule has 1 aliphatic heterocycles. The van der Waals surface area contributed by atoms with Gasteiger partial charge in [-0.1, -0.05) is 37.5 Å². The van der Waals surface area contributed by atoms with Crippen LogP contribution < -0.4 is 10.6 Å². The van der Waals surface area contributed by atoms with Crippen molar-refractivity contribution in [3.63, 3.8) is 0 Å². The van der Waals surface area contributed by atoms with Crippen molar-refractivity contribution in [1.29, 1.82) is 0 Å². The Balaban J connectivity index is 1.25. The summed E-state index contributed by atoms with van der Waals surface area (Å²) in [5.41, 5.74) is 1.78. The van der Waals surface area contributed by atoms with Crippen LogP contribution in [0.15, 0.2) is 46.0 Å². The Morgan fingerprint density at radius 1 is 1.20 bits per heavy atom. The molecule has 0 radical (unpaired) electrons. The van der Waals surface area contributed by atoms with Crippen molar-refractivity contribution in [1.82, 2.24) is 20.5 Å². The van der Waals surface area contributed by atoms with Gasteiger partial charge in [0.1, 0.15) is 6.26 Å². The standard InChI is InChI=1S/C23H31N5O2/c1-24-23(25-14-20-16-30-21(26-20)17-8-4-2-5-9-17)27-19-12-13-28(15-19)22(29)18-10-6-3-7-11-18/h2,4-5,8-9,16,18-19H,3,6-7,10-15H2,1H3,(H2,24,25,27). The lowest BCUT2D eigenvalue weighted by molar-refractivity contribution is -0.135. The minimum atomic E-state index is 0.223. The highest BCUT2D eigenvalue weighted by atomic mass is 16.3. The maximum absolute atomic E-state index is 12.8. The lowest BCUT2D eigenvalue weighted by atomic mass is 9.88. The van der Waals surface area contributed by atoms with Gasteiger partial charge in [0.15, 0.2) is 5.96 Å². The molecule has 1 unspecified atom stereocenters. The molecule has 7 nitrogen and oxygen atoms in total. The minimum absolute atomic E-state index is 0.223. The molecule has 0 bridgehead atoms. The van der Waals surface area contributed by atoms with Crippen LogP contribution >= 0.6 is 0 Å². The molecule has 1 aromatic carbocycles. The smallest absolute Gasteiger partial charge is 0.226 e. The first kappa shape index (κ1) is 20.4. The lowest BCUT2D eigenvalue weighted by Gasteiger charge is -2.26. The Bertz CT molecular complexity index is 857. The molecule has 1 atom stereocenters. The number of aliphatic imine (C=N–C) groups is 1. The van der Waals surface area contributed by atoms with E-state index in [1.165, 1.54) is 19.3 Å². The third-order valence-electron chi connectivity index (χ3n) is 6.03. The Morgan fingerprint density at radius 2 is 2.00 bits per heavy atom. The Morgan fingerprint density at radius 3 is 2.77 bits per heavy atom. The maximum Gasteiger partial charge on any atom is 0.226 e. The van der Waals surface area contributed by atoms with Crippen LogP contribution in [0.5, 0.6) is 0 Å². The summed E-state index contributed by atoms with van der Waals surface area (Å²) in [6, 6.07) is 10.1. The van der Waals surface area contributed by atoms with Gasteiger partial charge in [-0.25, -0.2) is 4.98 Å². The topological polar surface area (TPSA) is 82.8 Å². The molecule has 2 fully saturated rings. The van der Waals surface area contributed by atoms with Crippen LogP contribution in [-0.2, 0) is 11.3 Å². The highest BCUT2D eigenvalue weighted by Crippen LogP contribution is 2.26. The monoisotopic (exact) mass is 409 g/mol. The molecule has 1 aliphatic carbocycles. The Kier molecular flexibility index (Phi) is 6.67. The SMILES string of the molecule is CN=C(NCc1coc(-c2ccccc2)n1)NC1CCN(C(=O)C2CCCCC2)C1. The average Bonchev–Trinajstić information content (AvgIpc) is 3.47. The Hall–Kier alpha value is -2.83. The second-order valence-electron chi connectivity index (χ2n) is 8.18. The molecule has 0 spiro atoms. The zero-order valence-electron chi connectivity index (χ0n) is 17.6. The number of aromatic nitrogens is 1. The molecule has 160 valence electrons. The van der Waals surface area contributed by atoms with E-state index in [1.807, 2.05) is 35.2 Å². The van der Waals surface area contributed by atoms with Gasteiger partial charge >= 0.3 is 0 Å². The fraction of sp³-hybridized carbons (Fsp3) is 0.522. The largest absolute Gasteiger partial charge is 0.444 e. The van der Waals surface area contributed by atoms with Gasteiger partial charge in [-0.05, 0) is 31.4 Å². The van der Waals surface area contributed by atoms with E-state index in [4.69, 9.17) is 4.42 Å². The summed E-state index contributed by atoms with van der Waals surface area (Å²) in [5, 5.41) is 6.75. The summed E-state index contributed by atoms with van der Waals surface area (Å²) < 4.78 is 5.59. The molecule has 7 heteroatoms. The number of hydrogen-bond donors (Lipinski definition) is 2. The number of rotatable bonds is 5. The Labute approximate surface area is 178 Å². The molecule has 2 N–H and O–H groups in total. The zero-order valence-corrected chi connectivity index (χ0v) is 17.6. The predicted octanol–water partition coefficient (Wildman–Crippen LogP) is 3.19. The van der Waals surface area contributed by atoms with Crippen LogP contribution in [0.25, 0.3) is 11.5 Å². The van der Waals surface area contributed by atoms with E-state index < -0.39 is 0 Å². The molecule has 1 saturated carbocycles. The quantitative estimate of drug-likeness (QED) is 0.585. The number of benzene rings is 1. The highest BCUT2D eigenvalue weighted by molar-refractivity contribution is 5.81. The van der Waals surface area contributed by atoms with Crippen LogP contribution in [0.1, 0.15) is 44.2 Å². The molecule has 2 aliphatic rings. The van der Waals surface area contributed by atoms with Crippen molar-refractivity contribution in [2.75, 3.05) is 20.1 Å². The van der Waals surface area contributed by atoms with E-state index in [2.05, 4.69) is 20.6 Å². The van der Waals surface area contributed by atoms with E-state index in [0.29, 0.717) is 18.3 Å². The molecular weight excluding hydrogens is 378 g/mol. The second-order valence-corrected chi connectivity index (χ2v) is 8.18. The molecule has 1 aromatic heterocycles. The number of oxazole rings is 1. The van der Waals surface area contributed by atoms with Gasteiger partial charge < -0.3 is 20.0 Å². The molecular formula is C23H31N5O2. The van der Waals surface area contributed by atoms with Crippen LogP contribution in [0, 0.1) is 5.92 Å². The van der Waals surface area contributed by atoms with Crippen LogP contribution in [0.4, 0.5) is 0 Å². The van der Waals surface area contributed by atoms with E-state index in [9.17, 15) is 4.79 Å². The molecule has 2 aromatic rings. The predicted molar refractivity (Wildman–Crippen MR) is 117 cm³/mol. The van der Waals surface area contributed by atoms with Crippen LogP contribution in [0.2, 0.25) is 0 Å². The molecule has 4 rings (SSSR count). The number of likely N-dealkylation sites (tertiary alicyclic amines) is 1. The van der Waals surface area contributed by atoms with Crippen molar-refractivity contribution < 1.29 is 9.21 Å². The van der Waals surface area contributed by atoms with Gasteiger partial charge in [0, 0.05) is 37.7 Å². The zero-order chi connectivity index (χ0) is 20.8. The van der Waals surface area contributed by atoms with Gasteiger partial charge in [0.2, 0.25) is 11.8 Å². The number of carbonyl (C=O) groups is 1. The third-order valence-corrected chi connectivity index (χ3v) is 6.03. The fourth-order valence-electron chi connectivity index (χ4n) is 4.35. The first-order valence-corrected chi connectivity index (χ1v) is 11.0. The number of amides is 1. The van der Waals surface area contributed by atoms with Gasteiger partial charge in [-0.3, -0.25) is 9.79 Å². The minimum Gasteiger partial charge on any atom is -0.444 e. The fourth-order valence-corrected chi connectivity index (χ4v) is 4.35. The van der Waals surface area contributed by atoms with E-state index in [1.54, 1.807) is 13.3 Å². The second kappa shape index (κ2) is 9.78. The van der Waals surface area contributed by atoms with E-state index in [0.717, 1.165) is 49.6 Å². The molecule has 1 amide bonds. The third kappa shape index (κ3) is 5.01. The van der Waals surface area contributed by atoms with Crippen molar-refractivity contribution >= 4 is 11.9 Å². The first-order chi connectivity index (χ1) is 14.7. The van der Waals surface area contributed by atoms with Crippen LogP contribution in [-0.4, -0.2) is 47.9 Å². The number of guanidine groups is 1. The number of hydrogen-bond acceptors (Lipinski definition) is 4. The number of nitrogens with zero attached hydrogens (tertiary/aromatic N) is 3. The van der Waals surface area contributed by atoms with Crippen molar-refractivity contribution in [2.24, 2.45) is 10.9 Å². The molecule has 2 heterocycles. The lowest BCUT2D eigenvalue weighted by Crippen LogP contribution is -2.45. The van der Waals surface area contributed by atoms with Crippen molar-refractivity contribution in [2.45, 2.75) is 51.1 Å². The average molecular weight is 410 g/mol. The maximum atomic E-state index is 12.8. The van der Waals surface area contributed by atoms with E-state index >= 15 is 0 Å². The molecule has 1 saturated heterocycles. The molecule has 30 heavy (non-hydrogen) atoms. The summed E-state index contributed by atoms with van der Waals surface area (Å²) in [6.07, 6.45) is 8.38. The van der Waals surface area contributed by atoms with Gasteiger partial charge in [0.25, 0.3) is 0 Å². The summed E-state index contributed by atoms with van der Waals surface area (Å²) in [4.78, 5) is 23.7. The highest BCUT2D eigenvalue weighted by Gasteiger charge is 2.31. The van der Waals surface area contributed by atoms with Gasteiger partial charge in [0.05, 0.1) is 12.2 Å². The van der Waals surface area contributed by atoms with Crippen LogP contribution in [0.3, 0.4) is 0 Å². The summed E-state index contributed by atoms with van der Waals surface area (Å²) >= 11 is 0. The summed E-state index contributed by atoms with van der Waals surface area (Å²) in [5.74, 6) is 1.91. The first-order valence-electron chi connectivity index (χ1n) is 11.0. The van der Waals surface area contributed by atoms with Crippen molar-refractivity contribution in [3.05, 3.63) is 42.3 Å². The van der Waals surface area contributed by atoms with Gasteiger partial charge in [-0.2, -0.15) is 0 Å². The summed E-state index contributed by atoms with van der Waals surface area (Å²) in [7, 11) is 1.76. The number of nitrogens with one attached hydrogen (secondary N) is 2. The van der Waals surface area contributed by atoms with Gasteiger partial charge in [-0.15, -0.1) is 0 Å². The van der Waals surface area contributed by atoms with Crippen molar-refractivity contribution in [3.8, 4) is 11.5 Å².